The zero-order valence-electron chi connectivity index (χ0n) is 17.9. The molecule has 9 heteroatoms. The monoisotopic (exact) mass is 479 g/mol. The molecule has 4 aromatic rings. The molecule has 3 aromatic heterocycles. The number of nitrogens with zero attached hydrogens (tertiary/aromatic N) is 3. The summed E-state index contributed by atoms with van der Waals surface area (Å²) in [6.45, 7) is 2.19. The average Bonchev–Trinajstić information content (AvgIpc) is 3.39. The quantitative estimate of drug-likeness (QED) is 0.280. The number of benzene rings is 1. The number of aryl methyl sites for hydroxylation is 1. The van der Waals surface area contributed by atoms with Crippen LogP contribution in [-0.4, -0.2) is 32.7 Å². The first-order valence-corrected chi connectivity index (χ1v) is 11.7. The van der Waals surface area contributed by atoms with Gasteiger partial charge in [-0.05, 0) is 36.6 Å². The van der Waals surface area contributed by atoms with Gasteiger partial charge in [0, 0.05) is 36.7 Å². The molecule has 0 aliphatic carbocycles. The van der Waals surface area contributed by atoms with Gasteiger partial charge in [0.15, 0.2) is 10.3 Å². The normalized spacial score (nSPS) is 11.2. The lowest BCUT2D eigenvalue weighted by atomic mass is 10.1. The highest BCUT2D eigenvalue weighted by Gasteiger charge is 2.09. The van der Waals surface area contributed by atoms with Crippen LogP contribution in [0.4, 0.5) is 5.13 Å². The van der Waals surface area contributed by atoms with E-state index in [2.05, 4.69) is 32.7 Å². The van der Waals surface area contributed by atoms with Crippen LogP contribution in [0.1, 0.15) is 24.6 Å². The van der Waals surface area contributed by atoms with Crippen LogP contribution >= 0.6 is 22.9 Å². The first kappa shape index (κ1) is 22.7. The molecule has 0 saturated carbocycles. The molecule has 4 rings (SSSR count). The van der Waals surface area contributed by atoms with Gasteiger partial charge in [-0.25, -0.2) is 9.97 Å². The number of halogens is 1. The van der Waals surface area contributed by atoms with Crippen LogP contribution < -0.4 is 10.6 Å². The highest BCUT2D eigenvalue weighted by atomic mass is 35.5. The molecule has 168 valence electrons. The summed E-state index contributed by atoms with van der Waals surface area (Å²) in [6.07, 6.45) is 6.67. The van der Waals surface area contributed by atoms with Crippen LogP contribution in [0.2, 0.25) is 5.15 Å². The van der Waals surface area contributed by atoms with E-state index >= 15 is 0 Å². The minimum Gasteiger partial charge on any atom is -0.356 e. The van der Waals surface area contributed by atoms with Crippen molar-refractivity contribution in [1.29, 1.82) is 0 Å². The molecule has 33 heavy (non-hydrogen) atoms. The number of imidazole rings is 1. The van der Waals surface area contributed by atoms with Crippen molar-refractivity contribution < 1.29 is 9.59 Å². The van der Waals surface area contributed by atoms with E-state index in [0.717, 1.165) is 24.1 Å². The highest BCUT2D eigenvalue weighted by molar-refractivity contribution is 7.14. The third-order valence-corrected chi connectivity index (χ3v) is 5.95. The van der Waals surface area contributed by atoms with Crippen molar-refractivity contribution in [3.05, 3.63) is 76.5 Å². The molecular weight excluding hydrogens is 458 g/mol. The lowest BCUT2D eigenvalue weighted by Gasteiger charge is -2.04. The number of aromatic nitrogens is 3. The van der Waals surface area contributed by atoms with Gasteiger partial charge >= 0.3 is 0 Å². The number of anilines is 1. The third-order valence-electron chi connectivity index (χ3n) is 4.91. The van der Waals surface area contributed by atoms with Crippen molar-refractivity contribution in [1.82, 2.24) is 19.7 Å². The topological polar surface area (TPSA) is 88.4 Å². The van der Waals surface area contributed by atoms with Crippen LogP contribution in [0.3, 0.4) is 0 Å². The van der Waals surface area contributed by atoms with E-state index in [1.54, 1.807) is 6.08 Å². The van der Waals surface area contributed by atoms with E-state index < -0.39 is 0 Å². The number of carbonyl (C=O) groups excluding carboxylic acids is 2. The minimum absolute atomic E-state index is 0.00794. The number of thiazole rings is 1. The molecule has 0 saturated heterocycles. The third kappa shape index (κ3) is 5.85. The molecule has 0 radical (unpaired) electrons. The number of pyridine rings is 1. The van der Waals surface area contributed by atoms with Gasteiger partial charge in [-0.1, -0.05) is 41.9 Å². The molecular formula is C24H22ClN5O2S. The predicted octanol–water partition coefficient (Wildman–Crippen LogP) is 4.83. The smallest absolute Gasteiger partial charge is 0.250 e. The number of hydrogen-bond donors (Lipinski definition) is 2. The molecule has 0 aliphatic rings. The Balaban J connectivity index is 1.35. The van der Waals surface area contributed by atoms with Gasteiger partial charge in [0.25, 0.3) is 0 Å². The number of rotatable bonds is 8. The zero-order valence-corrected chi connectivity index (χ0v) is 19.5. The molecule has 0 spiro atoms. The molecule has 0 unspecified atom stereocenters. The average molecular weight is 480 g/mol. The summed E-state index contributed by atoms with van der Waals surface area (Å²) >= 11 is 7.56. The van der Waals surface area contributed by atoms with E-state index in [4.69, 9.17) is 11.6 Å². The van der Waals surface area contributed by atoms with Gasteiger partial charge in [-0.15, -0.1) is 11.3 Å². The fourth-order valence-electron chi connectivity index (χ4n) is 3.30. The fourth-order valence-corrected chi connectivity index (χ4v) is 4.26. The molecule has 0 fully saturated rings. The standard InChI is InChI=1S/C24H22ClN5O2S/c1-16(31)26-13-4-5-17-7-9-18(10-8-17)19-15-33-24(27-19)29-22(32)12-11-20-23(25)28-21-6-2-3-14-30(20)21/h2-3,6-12,14-15H,4-5,13H2,1H3,(H,26,31)(H,27,29,32)/b12-11+. The van der Waals surface area contributed by atoms with Gasteiger partial charge < -0.3 is 5.32 Å². The molecule has 7 nitrogen and oxygen atoms in total. The van der Waals surface area contributed by atoms with Crippen LogP contribution in [0.15, 0.2) is 60.1 Å². The number of amides is 2. The lowest BCUT2D eigenvalue weighted by molar-refractivity contribution is -0.119. The summed E-state index contributed by atoms with van der Waals surface area (Å²) in [7, 11) is 0. The zero-order chi connectivity index (χ0) is 23.2. The predicted molar refractivity (Wildman–Crippen MR) is 132 cm³/mol. The van der Waals surface area contributed by atoms with Crippen molar-refractivity contribution in [2.75, 3.05) is 11.9 Å². The molecule has 2 N–H and O–H groups in total. The van der Waals surface area contributed by atoms with Crippen molar-refractivity contribution in [2.24, 2.45) is 0 Å². The molecule has 0 atom stereocenters. The van der Waals surface area contributed by atoms with E-state index in [9.17, 15) is 9.59 Å². The summed E-state index contributed by atoms with van der Waals surface area (Å²) in [5, 5.41) is 8.35. The van der Waals surface area contributed by atoms with Gasteiger partial charge in [0.05, 0.1) is 11.4 Å². The second kappa shape index (κ2) is 10.4. The van der Waals surface area contributed by atoms with Crippen molar-refractivity contribution in [2.45, 2.75) is 19.8 Å². The maximum Gasteiger partial charge on any atom is 0.250 e. The summed E-state index contributed by atoms with van der Waals surface area (Å²) in [4.78, 5) is 32.1. The number of carbonyl (C=O) groups is 2. The van der Waals surface area contributed by atoms with Crippen molar-refractivity contribution in [3.8, 4) is 11.3 Å². The largest absolute Gasteiger partial charge is 0.356 e. The summed E-state index contributed by atoms with van der Waals surface area (Å²) in [5.41, 5.74) is 4.33. The van der Waals surface area contributed by atoms with Crippen LogP contribution in [0, 0.1) is 0 Å². The maximum atomic E-state index is 12.4. The summed E-state index contributed by atoms with van der Waals surface area (Å²) < 4.78 is 1.82. The minimum atomic E-state index is -0.299. The van der Waals surface area contributed by atoms with E-state index in [-0.39, 0.29) is 11.8 Å². The highest BCUT2D eigenvalue weighted by Crippen LogP contribution is 2.25. The van der Waals surface area contributed by atoms with E-state index in [0.29, 0.717) is 28.2 Å². The van der Waals surface area contributed by atoms with Gasteiger partial charge in [-0.2, -0.15) is 0 Å². The number of nitrogens with one attached hydrogen (secondary N) is 2. The SMILES string of the molecule is CC(=O)NCCCc1ccc(-c2csc(NC(=O)/C=C/c3c(Cl)nc4ccccn34)n2)cc1. The molecule has 3 heterocycles. The first-order chi connectivity index (χ1) is 16.0. The molecule has 0 aliphatic heterocycles. The van der Waals surface area contributed by atoms with Crippen LogP contribution in [0.25, 0.3) is 23.0 Å². The van der Waals surface area contributed by atoms with E-state index in [1.807, 2.05) is 46.3 Å². The van der Waals surface area contributed by atoms with Crippen molar-refractivity contribution in [3.63, 3.8) is 0 Å². The Hall–Kier alpha value is -3.49. The second-order valence-corrected chi connectivity index (χ2v) is 8.58. The van der Waals surface area contributed by atoms with Crippen molar-refractivity contribution >= 4 is 51.6 Å². The Morgan fingerprint density at radius 2 is 1.97 bits per heavy atom. The Morgan fingerprint density at radius 1 is 1.15 bits per heavy atom. The number of hydrogen-bond acceptors (Lipinski definition) is 5. The lowest BCUT2D eigenvalue weighted by Crippen LogP contribution is -2.21. The molecule has 0 bridgehead atoms. The molecule has 2 amide bonds. The maximum absolute atomic E-state index is 12.4. The Bertz CT molecular complexity index is 1310. The van der Waals surface area contributed by atoms with Gasteiger partial charge in [0.2, 0.25) is 11.8 Å². The first-order valence-electron chi connectivity index (χ1n) is 10.4. The van der Waals surface area contributed by atoms with Crippen LogP contribution in [-0.2, 0) is 16.0 Å². The van der Waals surface area contributed by atoms with E-state index in [1.165, 1.54) is 29.9 Å². The Labute approximate surface area is 200 Å². The summed E-state index contributed by atoms with van der Waals surface area (Å²) in [6, 6.07) is 13.7. The Morgan fingerprint density at radius 3 is 2.76 bits per heavy atom. The number of fused-ring (bicyclic) bond motifs is 1. The van der Waals surface area contributed by atoms with Gasteiger partial charge in [-0.3, -0.25) is 19.3 Å². The van der Waals surface area contributed by atoms with Crippen LogP contribution in [0.5, 0.6) is 0 Å². The summed E-state index contributed by atoms with van der Waals surface area (Å²) in [5.74, 6) is -0.307. The fraction of sp³-hybridized carbons (Fsp3) is 0.167. The van der Waals surface area contributed by atoms with Gasteiger partial charge in [0.1, 0.15) is 5.65 Å². The second-order valence-electron chi connectivity index (χ2n) is 7.36. The molecule has 1 aromatic carbocycles. The Kier molecular flexibility index (Phi) is 7.16.